The van der Waals surface area contributed by atoms with Crippen LogP contribution in [0.1, 0.15) is 0 Å². The van der Waals surface area contributed by atoms with E-state index < -0.39 is 34.0 Å². The summed E-state index contributed by atoms with van der Waals surface area (Å²) in [6.45, 7) is 1.33. The zero-order valence-corrected chi connectivity index (χ0v) is 17.7. The van der Waals surface area contributed by atoms with Crippen LogP contribution in [0.2, 0.25) is 0 Å². The van der Waals surface area contributed by atoms with Crippen LogP contribution in [0.15, 0.2) is 18.2 Å². The standard InChI is InChI=1S/C18H26N4O11/c23-17(12-33-13-18(24)25)20-4-6-31-8-10-32-9-7-30-5-3-19-15-2-1-14(21(26)27)11-16(15)22(28)29/h1-2,11,19H,3-10,12-13H2,(H,20,23)(H,24,25). The zero-order valence-electron chi connectivity index (χ0n) is 17.7. The zero-order chi connectivity index (χ0) is 24.5. The number of carbonyl (C=O) groups is 2. The highest BCUT2D eigenvalue weighted by atomic mass is 16.6. The van der Waals surface area contributed by atoms with Crippen LogP contribution >= 0.6 is 0 Å². The molecule has 0 atom stereocenters. The number of hydrogen-bond donors (Lipinski definition) is 3. The Morgan fingerprint density at radius 3 is 2.03 bits per heavy atom. The van der Waals surface area contributed by atoms with Gasteiger partial charge in [0.15, 0.2) is 0 Å². The number of nitro groups is 2. The number of aliphatic carboxylic acids is 1. The van der Waals surface area contributed by atoms with Gasteiger partial charge in [-0.25, -0.2) is 4.79 Å². The lowest BCUT2D eigenvalue weighted by Crippen LogP contribution is -2.31. The average Bonchev–Trinajstić information content (AvgIpc) is 2.76. The van der Waals surface area contributed by atoms with Gasteiger partial charge in [0.1, 0.15) is 18.9 Å². The van der Waals surface area contributed by atoms with Crippen molar-refractivity contribution in [3.8, 4) is 0 Å². The van der Waals surface area contributed by atoms with Crippen LogP contribution in [-0.4, -0.2) is 92.8 Å². The monoisotopic (exact) mass is 474 g/mol. The maximum absolute atomic E-state index is 11.3. The summed E-state index contributed by atoms with van der Waals surface area (Å²) in [6, 6.07) is 3.35. The van der Waals surface area contributed by atoms with Gasteiger partial charge in [-0.05, 0) is 6.07 Å². The molecule has 15 nitrogen and oxygen atoms in total. The van der Waals surface area contributed by atoms with Crippen LogP contribution in [0.3, 0.4) is 0 Å². The van der Waals surface area contributed by atoms with E-state index in [0.717, 1.165) is 6.07 Å². The van der Waals surface area contributed by atoms with E-state index in [1.165, 1.54) is 12.1 Å². The van der Waals surface area contributed by atoms with E-state index in [4.69, 9.17) is 19.3 Å². The summed E-state index contributed by atoms with van der Waals surface area (Å²) in [4.78, 5) is 41.9. The van der Waals surface area contributed by atoms with E-state index in [1.807, 2.05) is 0 Å². The lowest BCUT2D eigenvalue weighted by Gasteiger charge is -2.09. The van der Waals surface area contributed by atoms with Crippen molar-refractivity contribution in [1.82, 2.24) is 5.32 Å². The molecular formula is C18H26N4O11. The molecule has 1 aromatic carbocycles. The molecule has 15 heteroatoms. The average molecular weight is 474 g/mol. The van der Waals surface area contributed by atoms with Crippen LogP contribution in [-0.2, 0) is 28.5 Å². The second-order valence-corrected chi connectivity index (χ2v) is 6.22. The number of benzene rings is 1. The summed E-state index contributed by atoms with van der Waals surface area (Å²) in [5.74, 6) is -1.59. The molecule has 3 N–H and O–H groups in total. The maximum Gasteiger partial charge on any atom is 0.329 e. The van der Waals surface area contributed by atoms with Crippen molar-refractivity contribution >= 4 is 28.9 Å². The summed E-state index contributed by atoms with van der Waals surface area (Å²) in [6.07, 6.45) is 0. The lowest BCUT2D eigenvalue weighted by molar-refractivity contribution is -0.393. The van der Waals surface area contributed by atoms with Crippen molar-refractivity contribution in [3.63, 3.8) is 0 Å². The number of non-ortho nitro benzene ring substituents is 1. The molecule has 0 aliphatic rings. The number of carboxylic acids is 1. The molecule has 0 bridgehead atoms. The molecule has 0 aromatic heterocycles. The number of rotatable bonds is 19. The molecule has 0 fully saturated rings. The van der Waals surface area contributed by atoms with Crippen molar-refractivity contribution in [1.29, 1.82) is 0 Å². The smallest absolute Gasteiger partial charge is 0.329 e. The van der Waals surface area contributed by atoms with Crippen molar-refractivity contribution in [3.05, 3.63) is 38.4 Å². The number of nitro benzene ring substituents is 2. The third-order valence-corrected chi connectivity index (χ3v) is 3.72. The highest BCUT2D eigenvalue weighted by Crippen LogP contribution is 2.28. The number of nitrogens with zero attached hydrogens (tertiary/aromatic N) is 2. The van der Waals surface area contributed by atoms with Gasteiger partial charge in [0.25, 0.3) is 11.4 Å². The predicted octanol–water partition coefficient (Wildman–Crippen LogP) is 0.182. The summed E-state index contributed by atoms with van der Waals surface area (Å²) in [5.41, 5.74) is -0.595. The summed E-state index contributed by atoms with van der Waals surface area (Å²) >= 11 is 0. The highest BCUT2D eigenvalue weighted by molar-refractivity contribution is 5.77. The third kappa shape index (κ3) is 12.9. The molecule has 0 aliphatic carbocycles. The number of nitrogens with one attached hydrogen (secondary N) is 2. The van der Waals surface area contributed by atoms with Crippen LogP contribution in [0.25, 0.3) is 0 Å². The number of hydrogen-bond acceptors (Lipinski definition) is 11. The van der Waals surface area contributed by atoms with Crippen LogP contribution < -0.4 is 10.6 Å². The molecule has 1 rings (SSSR count). The summed E-state index contributed by atoms with van der Waals surface area (Å²) in [7, 11) is 0. The Bertz CT molecular complexity index is 791. The minimum absolute atomic E-state index is 0.159. The molecule has 33 heavy (non-hydrogen) atoms. The molecule has 1 aromatic rings. The highest BCUT2D eigenvalue weighted by Gasteiger charge is 2.18. The predicted molar refractivity (Wildman–Crippen MR) is 112 cm³/mol. The first-order valence-electron chi connectivity index (χ1n) is 9.77. The summed E-state index contributed by atoms with van der Waals surface area (Å²) in [5, 5.41) is 35.4. The molecule has 0 aliphatic heterocycles. The van der Waals surface area contributed by atoms with Crippen molar-refractivity contribution in [2.24, 2.45) is 0 Å². The quantitative estimate of drug-likeness (QED) is 0.140. The van der Waals surface area contributed by atoms with Gasteiger partial charge < -0.3 is 34.7 Å². The number of carboxylic acid groups (broad SMARTS) is 1. The van der Waals surface area contributed by atoms with E-state index in [-0.39, 0.29) is 50.9 Å². The Morgan fingerprint density at radius 2 is 1.45 bits per heavy atom. The molecule has 0 saturated heterocycles. The molecule has 0 radical (unpaired) electrons. The fourth-order valence-electron chi connectivity index (χ4n) is 2.28. The SMILES string of the molecule is O=C(O)COCC(=O)NCCOCCOCCOCCNc1ccc([N+](=O)[O-])cc1[N+](=O)[O-]. The van der Waals surface area contributed by atoms with Crippen LogP contribution in [0.4, 0.5) is 17.1 Å². The molecule has 1 amide bonds. The van der Waals surface area contributed by atoms with Gasteiger partial charge in [-0.3, -0.25) is 25.0 Å². The van der Waals surface area contributed by atoms with Gasteiger partial charge >= 0.3 is 5.97 Å². The van der Waals surface area contributed by atoms with E-state index in [9.17, 15) is 29.8 Å². The second-order valence-electron chi connectivity index (χ2n) is 6.22. The van der Waals surface area contributed by atoms with E-state index >= 15 is 0 Å². The van der Waals surface area contributed by atoms with Gasteiger partial charge in [0.05, 0.1) is 55.6 Å². The van der Waals surface area contributed by atoms with E-state index in [1.54, 1.807) is 0 Å². The van der Waals surface area contributed by atoms with Gasteiger partial charge in [0, 0.05) is 19.2 Å². The molecular weight excluding hydrogens is 448 g/mol. The van der Waals surface area contributed by atoms with E-state index in [0.29, 0.717) is 19.8 Å². The Hall–Kier alpha value is -3.40. The molecule has 0 spiro atoms. The fourth-order valence-corrected chi connectivity index (χ4v) is 2.28. The molecule has 0 unspecified atom stereocenters. The summed E-state index contributed by atoms with van der Waals surface area (Å²) < 4.78 is 20.5. The Labute approximate surface area is 188 Å². The van der Waals surface area contributed by atoms with Crippen LogP contribution in [0.5, 0.6) is 0 Å². The molecule has 184 valence electrons. The Kier molecular flexibility index (Phi) is 13.6. The Morgan fingerprint density at radius 1 is 0.848 bits per heavy atom. The molecule has 0 saturated carbocycles. The lowest BCUT2D eigenvalue weighted by atomic mass is 10.2. The van der Waals surface area contributed by atoms with Crippen molar-refractivity contribution in [2.45, 2.75) is 0 Å². The molecule has 0 heterocycles. The third-order valence-electron chi connectivity index (χ3n) is 3.72. The number of amides is 1. The van der Waals surface area contributed by atoms with Crippen molar-refractivity contribution < 1.29 is 43.5 Å². The van der Waals surface area contributed by atoms with Crippen molar-refractivity contribution in [2.75, 3.05) is 71.3 Å². The number of anilines is 1. The topological polar surface area (TPSA) is 202 Å². The van der Waals surface area contributed by atoms with Gasteiger partial charge in [-0.1, -0.05) is 0 Å². The van der Waals surface area contributed by atoms with E-state index in [2.05, 4.69) is 15.4 Å². The normalized spacial score (nSPS) is 10.5. The minimum atomic E-state index is -1.15. The largest absolute Gasteiger partial charge is 0.480 e. The van der Waals surface area contributed by atoms with Crippen LogP contribution in [0, 0.1) is 20.2 Å². The first-order chi connectivity index (χ1) is 15.8. The van der Waals surface area contributed by atoms with Gasteiger partial charge in [0.2, 0.25) is 5.91 Å². The Balaban J connectivity index is 1.99. The minimum Gasteiger partial charge on any atom is -0.480 e. The maximum atomic E-state index is 11.3. The van der Waals surface area contributed by atoms with Gasteiger partial charge in [-0.2, -0.15) is 0 Å². The first kappa shape index (κ1) is 27.6. The number of ether oxygens (including phenoxy) is 4. The van der Waals surface area contributed by atoms with Gasteiger partial charge in [-0.15, -0.1) is 0 Å². The first-order valence-corrected chi connectivity index (χ1v) is 9.77. The second kappa shape index (κ2) is 16.3. The fraction of sp³-hybridized carbons (Fsp3) is 0.556. The number of carbonyl (C=O) groups excluding carboxylic acids is 1.